The van der Waals surface area contributed by atoms with E-state index in [0.717, 1.165) is 0 Å². The molecular formula is C12H7F3N2O3S. The largest absolute Gasteiger partial charge is 0.478 e. The Morgan fingerprint density at radius 2 is 1.81 bits per heavy atom. The second-order valence-electron chi connectivity index (χ2n) is 3.99. The minimum absolute atomic E-state index is 0.0739. The lowest BCUT2D eigenvalue weighted by Gasteiger charge is -2.05. The van der Waals surface area contributed by atoms with Gasteiger partial charge < -0.3 is 10.4 Å². The van der Waals surface area contributed by atoms with E-state index in [2.05, 4.69) is 9.69 Å². The summed E-state index contributed by atoms with van der Waals surface area (Å²) >= 11 is 0.715. The number of benzene rings is 1. The first kappa shape index (κ1) is 15.0. The van der Waals surface area contributed by atoms with E-state index in [1.54, 1.807) is 0 Å². The van der Waals surface area contributed by atoms with Crippen molar-refractivity contribution in [2.24, 2.45) is 0 Å². The molecule has 5 nitrogen and oxygen atoms in total. The van der Waals surface area contributed by atoms with Gasteiger partial charge in [0.15, 0.2) is 17.5 Å². The van der Waals surface area contributed by atoms with Gasteiger partial charge in [-0.25, -0.2) is 18.0 Å². The molecule has 21 heavy (non-hydrogen) atoms. The smallest absolute Gasteiger partial charge is 0.340 e. The van der Waals surface area contributed by atoms with Crippen LogP contribution in [0.25, 0.3) is 0 Å². The van der Waals surface area contributed by atoms with Gasteiger partial charge in [0.05, 0.1) is 5.69 Å². The van der Waals surface area contributed by atoms with Gasteiger partial charge in [-0.2, -0.15) is 4.37 Å². The topological polar surface area (TPSA) is 79.3 Å². The van der Waals surface area contributed by atoms with Crippen LogP contribution in [-0.4, -0.2) is 21.4 Å². The lowest BCUT2D eigenvalue weighted by molar-refractivity contribution is 0.0697. The number of hydrogen-bond donors (Lipinski definition) is 2. The van der Waals surface area contributed by atoms with Gasteiger partial charge in [-0.1, -0.05) is 0 Å². The monoisotopic (exact) mass is 316 g/mol. The molecule has 1 aromatic carbocycles. The van der Waals surface area contributed by atoms with E-state index in [1.165, 1.54) is 6.92 Å². The quantitative estimate of drug-likeness (QED) is 0.853. The summed E-state index contributed by atoms with van der Waals surface area (Å²) < 4.78 is 42.7. The molecule has 0 unspecified atom stereocenters. The zero-order valence-electron chi connectivity index (χ0n) is 10.4. The molecule has 0 aliphatic heterocycles. The fourth-order valence-corrected chi connectivity index (χ4v) is 2.35. The average Bonchev–Trinajstić information content (AvgIpc) is 2.76. The first-order chi connectivity index (χ1) is 9.81. The molecule has 1 heterocycles. The summed E-state index contributed by atoms with van der Waals surface area (Å²) in [6, 6.07) is 1.03. The molecule has 0 saturated carbocycles. The lowest BCUT2D eigenvalue weighted by Crippen LogP contribution is -2.14. The van der Waals surface area contributed by atoms with Crippen molar-refractivity contribution in [3.63, 3.8) is 0 Å². The maximum atomic E-state index is 13.1. The van der Waals surface area contributed by atoms with E-state index >= 15 is 0 Å². The summed E-state index contributed by atoms with van der Waals surface area (Å²) in [7, 11) is 0. The molecule has 0 saturated heterocycles. The number of nitrogens with zero attached hydrogens (tertiary/aromatic N) is 1. The van der Waals surface area contributed by atoms with Crippen LogP contribution < -0.4 is 5.32 Å². The number of carboxylic acids is 1. The highest BCUT2D eigenvalue weighted by molar-refractivity contribution is 7.11. The number of aryl methyl sites for hydroxylation is 1. The number of carboxylic acid groups (broad SMARTS) is 1. The van der Waals surface area contributed by atoms with Crippen LogP contribution in [0.4, 0.5) is 18.2 Å². The Hall–Kier alpha value is -2.42. The van der Waals surface area contributed by atoms with Gasteiger partial charge in [0.2, 0.25) is 0 Å². The van der Waals surface area contributed by atoms with Crippen molar-refractivity contribution < 1.29 is 27.9 Å². The van der Waals surface area contributed by atoms with E-state index in [-0.39, 0.29) is 16.3 Å². The minimum atomic E-state index is -1.69. The zero-order valence-corrected chi connectivity index (χ0v) is 11.2. The highest BCUT2D eigenvalue weighted by atomic mass is 32.1. The normalized spacial score (nSPS) is 10.5. The van der Waals surface area contributed by atoms with Gasteiger partial charge in [0, 0.05) is 5.56 Å². The van der Waals surface area contributed by atoms with Crippen molar-refractivity contribution in [1.82, 2.24) is 4.37 Å². The molecule has 0 aliphatic rings. The molecule has 110 valence electrons. The van der Waals surface area contributed by atoms with Crippen LogP contribution in [0.15, 0.2) is 12.1 Å². The van der Waals surface area contributed by atoms with E-state index in [9.17, 15) is 22.8 Å². The number of nitrogens with one attached hydrogen (secondary N) is 1. The SMILES string of the molecule is Cc1nsc(NC(=O)c2cc(F)c(F)c(F)c2)c1C(=O)O. The highest BCUT2D eigenvalue weighted by Crippen LogP contribution is 2.25. The molecule has 0 atom stereocenters. The van der Waals surface area contributed by atoms with Crippen LogP contribution in [0.2, 0.25) is 0 Å². The Kier molecular flexibility index (Phi) is 3.94. The number of carbonyl (C=O) groups is 2. The Morgan fingerprint density at radius 1 is 1.24 bits per heavy atom. The second-order valence-corrected chi connectivity index (χ2v) is 4.76. The summed E-state index contributed by atoms with van der Waals surface area (Å²) in [5, 5.41) is 11.1. The van der Waals surface area contributed by atoms with Crippen molar-refractivity contribution in [3.05, 3.63) is 46.4 Å². The first-order valence-electron chi connectivity index (χ1n) is 5.46. The number of aromatic nitrogens is 1. The third-order valence-corrected chi connectivity index (χ3v) is 3.40. The Balaban J connectivity index is 2.33. The van der Waals surface area contributed by atoms with Gasteiger partial charge in [-0.3, -0.25) is 4.79 Å². The molecule has 1 aromatic heterocycles. The summed E-state index contributed by atoms with van der Waals surface area (Å²) in [5.74, 6) is -6.99. The van der Waals surface area contributed by atoms with Gasteiger partial charge >= 0.3 is 5.97 Å². The highest BCUT2D eigenvalue weighted by Gasteiger charge is 2.21. The fraction of sp³-hybridized carbons (Fsp3) is 0.0833. The van der Waals surface area contributed by atoms with Crippen LogP contribution in [0.3, 0.4) is 0 Å². The molecule has 0 aliphatic carbocycles. The summed E-state index contributed by atoms with van der Waals surface area (Å²) in [4.78, 5) is 22.9. The van der Waals surface area contributed by atoms with E-state index in [4.69, 9.17) is 5.11 Å². The molecule has 2 N–H and O–H groups in total. The van der Waals surface area contributed by atoms with Gasteiger partial charge in [-0.15, -0.1) is 0 Å². The zero-order chi connectivity index (χ0) is 15.7. The van der Waals surface area contributed by atoms with Gasteiger partial charge in [-0.05, 0) is 30.6 Å². The van der Waals surface area contributed by atoms with Crippen LogP contribution in [0.1, 0.15) is 26.4 Å². The molecule has 0 bridgehead atoms. The summed E-state index contributed by atoms with van der Waals surface area (Å²) in [6.07, 6.45) is 0. The van der Waals surface area contributed by atoms with Crippen LogP contribution >= 0.6 is 11.5 Å². The van der Waals surface area contributed by atoms with Crippen LogP contribution in [0.5, 0.6) is 0 Å². The average molecular weight is 316 g/mol. The van der Waals surface area contributed by atoms with E-state index < -0.39 is 34.9 Å². The number of halogens is 3. The molecule has 9 heteroatoms. The Bertz CT molecular complexity index is 722. The molecule has 0 fully saturated rings. The Labute approximate surface area is 120 Å². The van der Waals surface area contributed by atoms with Crippen molar-refractivity contribution in [2.45, 2.75) is 6.92 Å². The predicted octanol–water partition coefficient (Wildman–Crippen LogP) is 2.82. The number of aromatic carboxylic acids is 1. The third-order valence-electron chi connectivity index (χ3n) is 2.55. The summed E-state index contributed by atoms with van der Waals surface area (Å²) in [5.41, 5.74) is -0.496. The van der Waals surface area contributed by atoms with Gasteiger partial charge in [0.25, 0.3) is 5.91 Å². The molecule has 2 aromatic rings. The standard InChI is InChI=1S/C12H7F3N2O3S/c1-4-8(12(19)20)11(21-17-4)16-10(18)5-2-6(13)9(15)7(14)3-5/h2-3H,1H3,(H,16,18)(H,19,20). The predicted molar refractivity (Wildman–Crippen MR) is 68.1 cm³/mol. The fourth-order valence-electron chi connectivity index (χ4n) is 1.57. The van der Waals surface area contributed by atoms with Crippen LogP contribution in [0, 0.1) is 24.4 Å². The van der Waals surface area contributed by atoms with Crippen molar-refractivity contribution in [3.8, 4) is 0 Å². The number of hydrogen-bond acceptors (Lipinski definition) is 4. The van der Waals surface area contributed by atoms with Crippen molar-refractivity contribution in [1.29, 1.82) is 0 Å². The number of anilines is 1. The lowest BCUT2D eigenvalue weighted by atomic mass is 10.2. The molecule has 0 radical (unpaired) electrons. The first-order valence-corrected chi connectivity index (χ1v) is 6.24. The summed E-state index contributed by atoms with van der Waals surface area (Å²) in [6.45, 7) is 1.44. The van der Waals surface area contributed by atoms with Crippen molar-refractivity contribution in [2.75, 3.05) is 5.32 Å². The maximum Gasteiger partial charge on any atom is 0.340 e. The van der Waals surface area contributed by atoms with E-state index in [0.29, 0.717) is 23.7 Å². The number of rotatable bonds is 3. The number of carbonyl (C=O) groups excluding carboxylic acids is 1. The van der Waals surface area contributed by atoms with Crippen LogP contribution in [-0.2, 0) is 0 Å². The molecule has 0 spiro atoms. The second kappa shape index (κ2) is 5.52. The van der Waals surface area contributed by atoms with Crippen molar-refractivity contribution >= 4 is 28.4 Å². The minimum Gasteiger partial charge on any atom is -0.478 e. The third kappa shape index (κ3) is 2.87. The molecular weight excluding hydrogens is 309 g/mol. The molecule has 1 amide bonds. The number of amides is 1. The van der Waals surface area contributed by atoms with Gasteiger partial charge in [0.1, 0.15) is 10.6 Å². The molecule has 2 rings (SSSR count). The Morgan fingerprint density at radius 3 is 2.33 bits per heavy atom. The maximum absolute atomic E-state index is 13.1. The van der Waals surface area contributed by atoms with E-state index in [1.807, 2.05) is 0 Å².